The molecular weight excluding hydrogens is 1040 g/mol. The SMILES string of the molecule is [CH2-]/C=C(\C#CC#CC#N)[CH-]/C=C(\C#CC#CC#N)[CH-]/C=C(\C#CC#CC#N)[C-](C#CC#CC#CC#N)/C(C#CC#CC#N)=C/[CH-]/C(C#CC#CC#N)=C/[CH-]/C(C#CC#CC#N)=C/[CH2-].[K+].[K+].[K+].[K+].[K+].[K+].[K+]. The molecular formula is C56H14K7N7. The largest absolute Gasteiger partial charge is 1.00 e. The summed E-state index contributed by atoms with van der Waals surface area (Å²) in [7, 11) is 0. The monoisotopic (exact) mass is 1060 g/mol. The second kappa shape index (κ2) is 67.8. The summed E-state index contributed by atoms with van der Waals surface area (Å²) in [6.07, 6.45) is 15.1. The van der Waals surface area contributed by atoms with Gasteiger partial charge in [0.1, 0.15) is 0 Å². The molecule has 0 fully saturated rings. The molecule has 0 aliphatic heterocycles. The van der Waals surface area contributed by atoms with Crippen molar-refractivity contribution in [2.75, 3.05) is 0 Å². The first-order valence-electron chi connectivity index (χ1n) is 16.4. The van der Waals surface area contributed by atoms with Gasteiger partial charge in [-0.2, -0.15) is 72.0 Å². The van der Waals surface area contributed by atoms with Crippen molar-refractivity contribution < 1.29 is 360 Å². The maximum atomic E-state index is 9.02. The zero-order chi connectivity index (χ0) is 46.3. The minimum atomic E-state index is 0. The standard InChI is InChI=1S/C56H14N7.7K/c1-3-50(28-14-8-22-44-58)35-37-52(30-16-10-24-46-60)39-41-54(32-18-12-26-48-62)56(34-20-6-5-7-21-43-57)55(33-19-13-27-49-63)42-40-53(31-17-11-25-47-61)38-36-51(4-2)29-15-9-23-45-59;;;;;;;/h3-4,35-42H,1-2H2;;;;;;;/q-7;7*+1/b50-3+,51-4+,52-37+,53-38+,54-41+,55-42+;;;;;;;. The average Bonchev–Trinajstić information content (AvgIpc) is 3.30. The molecule has 0 saturated heterocycles. The zero-order valence-corrected chi connectivity index (χ0v) is 61.2. The number of hydrogen-bond acceptors (Lipinski definition) is 7. The summed E-state index contributed by atoms with van der Waals surface area (Å²) in [5.74, 6) is 74.5. The molecule has 0 aliphatic carbocycles. The van der Waals surface area contributed by atoms with E-state index in [9.17, 15) is 0 Å². The molecule has 280 valence electrons. The van der Waals surface area contributed by atoms with E-state index in [2.05, 4.69) is 191 Å². The van der Waals surface area contributed by atoms with E-state index in [1.54, 1.807) is 67.5 Å². The third kappa shape index (κ3) is 51.7. The smallest absolute Gasteiger partial charge is 0.299 e. The van der Waals surface area contributed by atoms with Crippen molar-refractivity contribution >= 4 is 0 Å². The summed E-state index contributed by atoms with van der Waals surface area (Å²) in [5.41, 5.74) is 1.63. The van der Waals surface area contributed by atoms with Gasteiger partial charge in [0.15, 0.2) is 42.5 Å². The van der Waals surface area contributed by atoms with Crippen molar-refractivity contribution in [3.8, 4) is 220 Å². The van der Waals surface area contributed by atoms with Crippen LogP contribution in [-0.4, -0.2) is 0 Å². The fraction of sp³-hybridized carbons (Fsp3) is 0. The van der Waals surface area contributed by atoms with E-state index in [0.717, 1.165) is 0 Å². The van der Waals surface area contributed by atoms with Crippen LogP contribution < -0.4 is 360 Å². The first-order valence-corrected chi connectivity index (χ1v) is 16.4. The maximum absolute atomic E-state index is 9.02. The Hall–Kier alpha value is -1.19. The fourth-order valence-electron chi connectivity index (χ4n) is 3.14. The maximum Gasteiger partial charge on any atom is 1.00 e. The Labute approximate surface area is 713 Å². The summed E-state index contributed by atoms with van der Waals surface area (Å²) in [4.78, 5) is 0. The van der Waals surface area contributed by atoms with Crippen LogP contribution in [0.25, 0.3) is 0 Å². The van der Waals surface area contributed by atoms with Gasteiger partial charge in [0.25, 0.3) is 0 Å². The molecule has 14 heteroatoms. The Kier molecular flexibility index (Phi) is 82.9. The molecule has 0 saturated carbocycles. The van der Waals surface area contributed by atoms with Gasteiger partial charge in [-0.15, -0.1) is 23.0 Å². The number of hydrogen-bond donors (Lipinski definition) is 0. The van der Waals surface area contributed by atoms with Gasteiger partial charge in [-0.3, -0.25) is 61.8 Å². The van der Waals surface area contributed by atoms with Crippen molar-refractivity contribution in [2.45, 2.75) is 0 Å². The Balaban J connectivity index is -0.000000915. The first-order chi connectivity index (χ1) is 31.0. The molecule has 0 aromatic heterocycles. The van der Waals surface area contributed by atoms with Gasteiger partial charge in [-0.1, -0.05) is 41.4 Å². The molecule has 70 heavy (non-hydrogen) atoms. The van der Waals surface area contributed by atoms with Crippen LogP contribution >= 0.6 is 0 Å². The van der Waals surface area contributed by atoms with Crippen LogP contribution in [0.1, 0.15) is 0 Å². The summed E-state index contributed by atoms with van der Waals surface area (Å²) >= 11 is 0. The van der Waals surface area contributed by atoms with Crippen LogP contribution in [0, 0.1) is 302 Å². The van der Waals surface area contributed by atoms with E-state index >= 15 is 0 Å². The number of rotatable bonds is 10. The molecule has 0 amide bonds. The molecule has 0 aromatic rings. The van der Waals surface area contributed by atoms with Crippen LogP contribution in [0.4, 0.5) is 0 Å². The van der Waals surface area contributed by atoms with E-state index in [-0.39, 0.29) is 377 Å². The predicted molar refractivity (Wildman–Crippen MR) is 236 cm³/mol. The van der Waals surface area contributed by atoms with Gasteiger partial charge in [0.2, 0.25) is 0 Å². The fourth-order valence-corrected chi connectivity index (χ4v) is 3.14. The van der Waals surface area contributed by atoms with Gasteiger partial charge in [0.05, 0.1) is 0 Å². The first kappa shape index (κ1) is 85.6. The number of nitrogens with zero attached hydrogens (tertiary/aromatic N) is 7. The Morgan fingerprint density at radius 1 is 0.286 bits per heavy atom. The second-order valence-electron chi connectivity index (χ2n) is 9.30. The molecule has 0 aromatic carbocycles. The summed E-state index contributed by atoms with van der Waals surface area (Å²) in [6, 6.07) is 11.6. The Morgan fingerprint density at radius 3 is 0.800 bits per heavy atom. The third-order valence-electron chi connectivity index (χ3n) is 5.52. The van der Waals surface area contributed by atoms with Crippen LogP contribution in [0.2, 0.25) is 0 Å². The molecule has 0 bridgehead atoms. The van der Waals surface area contributed by atoms with Crippen molar-refractivity contribution in [2.24, 2.45) is 0 Å². The summed E-state index contributed by atoms with van der Waals surface area (Å²) < 4.78 is 0. The van der Waals surface area contributed by atoms with Gasteiger partial charge in [0, 0.05) is 47.4 Å². The second-order valence-corrected chi connectivity index (χ2v) is 9.30. The molecule has 0 spiro atoms. The van der Waals surface area contributed by atoms with Crippen molar-refractivity contribution in [3.05, 3.63) is 115 Å². The van der Waals surface area contributed by atoms with E-state index in [1.165, 1.54) is 37.1 Å². The van der Waals surface area contributed by atoms with Gasteiger partial charge >= 0.3 is 360 Å². The quantitative estimate of drug-likeness (QED) is 0.119. The van der Waals surface area contributed by atoms with Crippen molar-refractivity contribution in [1.29, 1.82) is 36.8 Å². The molecule has 0 atom stereocenters. The van der Waals surface area contributed by atoms with E-state index in [4.69, 9.17) is 36.8 Å². The minimum Gasteiger partial charge on any atom is -0.299 e. The molecule has 0 heterocycles. The average molecular weight is 1060 g/mol. The van der Waals surface area contributed by atoms with Gasteiger partial charge in [-0.05, 0) is 47.4 Å². The van der Waals surface area contributed by atoms with Crippen LogP contribution in [0.5, 0.6) is 0 Å². The molecule has 0 rings (SSSR count). The minimum absolute atomic E-state index is 0. The number of nitriles is 7. The molecule has 0 N–H and O–H groups in total. The number of allylic oxidation sites excluding steroid dienone is 12. The van der Waals surface area contributed by atoms with Crippen LogP contribution in [0.3, 0.4) is 0 Å². The molecule has 7 nitrogen and oxygen atoms in total. The molecule has 0 unspecified atom stereocenters. The van der Waals surface area contributed by atoms with E-state index in [0.29, 0.717) is 22.3 Å². The predicted octanol–water partition coefficient (Wildman–Crippen LogP) is -16.7. The Bertz CT molecular complexity index is 3200. The van der Waals surface area contributed by atoms with Crippen molar-refractivity contribution in [3.63, 3.8) is 0 Å². The summed E-state index contributed by atoms with van der Waals surface area (Å²) in [6.45, 7) is 7.46. The molecule has 0 radical (unpaired) electrons. The normalized spacial score (nSPS) is 7.44. The zero-order valence-electron chi connectivity index (χ0n) is 39.3. The van der Waals surface area contributed by atoms with Gasteiger partial charge < -0.3 is 0 Å². The summed E-state index contributed by atoms with van der Waals surface area (Å²) in [5, 5.41) is 61.9. The molecule has 0 aliphatic rings. The van der Waals surface area contributed by atoms with Crippen LogP contribution in [0.15, 0.2) is 69.9 Å². The van der Waals surface area contributed by atoms with E-state index in [1.807, 2.05) is 0 Å². The van der Waals surface area contributed by atoms with Gasteiger partial charge in [-0.25, -0.2) is 36.8 Å². The van der Waals surface area contributed by atoms with Crippen LogP contribution in [-0.2, 0) is 0 Å². The van der Waals surface area contributed by atoms with Crippen molar-refractivity contribution in [1.82, 2.24) is 0 Å². The Morgan fingerprint density at radius 2 is 0.514 bits per heavy atom. The third-order valence-corrected chi connectivity index (χ3v) is 5.52. The topological polar surface area (TPSA) is 167 Å². The van der Waals surface area contributed by atoms with E-state index < -0.39 is 0 Å².